The zero-order valence-electron chi connectivity index (χ0n) is 8.22. The van der Waals surface area contributed by atoms with E-state index in [0.717, 1.165) is 12.0 Å². The molecular formula is C11H18O. The van der Waals surface area contributed by atoms with Gasteiger partial charge >= 0.3 is 0 Å². The fourth-order valence-electron chi connectivity index (χ4n) is 0.669. The van der Waals surface area contributed by atoms with Gasteiger partial charge in [-0.3, -0.25) is 0 Å². The summed E-state index contributed by atoms with van der Waals surface area (Å²) in [6.45, 7) is 10.1. The summed E-state index contributed by atoms with van der Waals surface area (Å²) in [6, 6.07) is 0. The number of aliphatic hydroxyl groups is 1. The maximum atomic E-state index is 8.63. The highest BCUT2D eigenvalue weighted by molar-refractivity contribution is 5.28. The second-order valence-electron chi connectivity index (χ2n) is 3.12. The van der Waals surface area contributed by atoms with Gasteiger partial charge in [0.25, 0.3) is 0 Å². The summed E-state index contributed by atoms with van der Waals surface area (Å²) in [6.07, 6.45) is 4.81. The standard InChI is InChI=1S/C11H18O/c1-9(2)11(4)6-5-10(3)7-8-12/h5-6,12H,1,7-8H2,2-4H3/b10-5+,11-6-. The second kappa shape index (κ2) is 5.78. The van der Waals surface area contributed by atoms with Crippen LogP contribution in [0.4, 0.5) is 0 Å². The van der Waals surface area contributed by atoms with Crippen LogP contribution in [0.1, 0.15) is 27.2 Å². The van der Waals surface area contributed by atoms with Crippen molar-refractivity contribution in [3.05, 3.63) is 35.5 Å². The molecule has 0 bridgehead atoms. The predicted octanol–water partition coefficient (Wildman–Crippen LogP) is 2.84. The molecule has 1 N–H and O–H groups in total. The summed E-state index contributed by atoms with van der Waals surface area (Å²) in [5.41, 5.74) is 3.47. The quantitative estimate of drug-likeness (QED) is 0.637. The van der Waals surface area contributed by atoms with Crippen molar-refractivity contribution in [2.75, 3.05) is 6.61 Å². The van der Waals surface area contributed by atoms with Crippen LogP contribution in [0.25, 0.3) is 0 Å². The highest BCUT2D eigenvalue weighted by Gasteiger charge is 1.88. The monoisotopic (exact) mass is 166 g/mol. The lowest BCUT2D eigenvalue weighted by molar-refractivity contribution is 0.299. The molecule has 0 fully saturated rings. The van der Waals surface area contributed by atoms with E-state index in [-0.39, 0.29) is 6.61 Å². The number of rotatable bonds is 4. The molecule has 0 aromatic carbocycles. The first-order valence-corrected chi connectivity index (χ1v) is 4.18. The van der Waals surface area contributed by atoms with Crippen molar-refractivity contribution >= 4 is 0 Å². The lowest BCUT2D eigenvalue weighted by Crippen LogP contribution is -1.83. The Morgan fingerprint density at radius 1 is 1.25 bits per heavy atom. The van der Waals surface area contributed by atoms with Gasteiger partial charge < -0.3 is 5.11 Å². The lowest BCUT2D eigenvalue weighted by Gasteiger charge is -1.97. The van der Waals surface area contributed by atoms with E-state index in [0.29, 0.717) is 0 Å². The van der Waals surface area contributed by atoms with Crippen LogP contribution in [0.3, 0.4) is 0 Å². The Labute approximate surface area is 75.1 Å². The van der Waals surface area contributed by atoms with Gasteiger partial charge in [0, 0.05) is 6.61 Å². The minimum absolute atomic E-state index is 0.224. The Bertz CT molecular complexity index is 209. The Hall–Kier alpha value is -0.820. The van der Waals surface area contributed by atoms with Gasteiger partial charge in [0.15, 0.2) is 0 Å². The summed E-state index contributed by atoms with van der Waals surface area (Å²) in [5.74, 6) is 0. The third kappa shape index (κ3) is 4.91. The van der Waals surface area contributed by atoms with Crippen LogP contribution in [-0.4, -0.2) is 11.7 Å². The molecule has 0 aliphatic rings. The minimum Gasteiger partial charge on any atom is -0.396 e. The van der Waals surface area contributed by atoms with Crippen molar-refractivity contribution < 1.29 is 5.11 Å². The van der Waals surface area contributed by atoms with Gasteiger partial charge in [-0.15, -0.1) is 0 Å². The van der Waals surface area contributed by atoms with E-state index in [1.807, 2.05) is 32.9 Å². The third-order valence-corrected chi connectivity index (χ3v) is 1.80. The Morgan fingerprint density at radius 2 is 1.83 bits per heavy atom. The number of hydrogen-bond donors (Lipinski definition) is 1. The zero-order valence-corrected chi connectivity index (χ0v) is 8.22. The summed E-state index contributed by atoms with van der Waals surface area (Å²) >= 11 is 0. The molecule has 0 saturated carbocycles. The van der Waals surface area contributed by atoms with E-state index >= 15 is 0 Å². The van der Waals surface area contributed by atoms with Crippen LogP contribution in [0, 0.1) is 0 Å². The number of aliphatic hydroxyl groups excluding tert-OH is 1. The molecule has 0 saturated heterocycles. The van der Waals surface area contributed by atoms with Gasteiger partial charge in [0.2, 0.25) is 0 Å². The largest absolute Gasteiger partial charge is 0.396 e. The first kappa shape index (κ1) is 11.2. The minimum atomic E-state index is 0.224. The molecule has 0 aliphatic carbocycles. The molecule has 1 heteroatoms. The molecule has 0 heterocycles. The molecule has 0 aromatic heterocycles. The summed E-state index contributed by atoms with van der Waals surface area (Å²) in [5, 5.41) is 8.63. The first-order valence-electron chi connectivity index (χ1n) is 4.18. The second-order valence-corrected chi connectivity index (χ2v) is 3.12. The molecule has 0 aromatic rings. The van der Waals surface area contributed by atoms with Crippen molar-refractivity contribution in [1.82, 2.24) is 0 Å². The average molecular weight is 166 g/mol. The number of allylic oxidation sites excluding steroid dienone is 4. The Kier molecular flexibility index (Phi) is 5.39. The van der Waals surface area contributed by atoms with Crippen molar-refractivity contribution in [2.24, 2.45) is 0 Å². The maximum absolute atomic E-state index is 8.63. The summed E-state index contributed by atoms with van der Waals surface area (Å²) in [7, 11) is 0. The fourth-order valence-corrected chi connectivity index (χ4v) is 0.669. The molecule has 68 valence electrons. The molecule has 0 amide bonds. The lowest BCUT2D eigenvalue weighted by atomic mass is 10.1. The third-order valence-electron chi connectivity index (χ3n) is 1.80. The smallest absolute Gasteiger partial charge is 0.0468 e. The van der Waals surface area contributed by atoms with Gasteiger partial charge in [-0.25, -0.2) is 0 Å². The average Bonchev–Trinajstić information content (AvgIpc) is 2.00. The van der Waals surface area contributed by atoms with E-state index in [1.54, 1.807) is 0 Å². The van der Waals surface area contributed by atoms with Gasteiger partial charge in [-0.05, 0) is 32.8 Å². The highest BCUT2D eigenvalue weighted by atomic mass is 16.2. The fraction of sp³-hybridized carbons (Fsp3) is 0.455. The molecule has 12 heavy (non-hydrogen) atoms. The van der Waals surface area contributed by atoms with Gasteiger partial charge in [0.1, 0.15) is 0 Å². The highest BCUT2D eigenvalue weighted by Crippen LogP contribution is 2.07. The molecule has 0 radical (unpaired) electrons. The normalized spacial score (nSPS) is 13.3. The van der Waals surface area contributed by atoms with Crippen molar-refractivity contribution in [3.63, 3.8) is 0 Å². The van der Waals surface area contributed by atoms with E-state index in [2.05, 4.69) is 6.58 Å². The zero-order chi connectivity index (χ0) is 9.56. The molecule has 0 unspecified atom stereocenters. The molecular weight excluding hydrogens is 148 g/mol. The van der Waals surface area contributed by atoms with E-state index < -0.39 is 0 Å². The molecule has 0 spiro atoms. The maximum Gasteiger partial charge on any atom is 0.0468 e. The van der Waals surface area contributed by atoms with Gasteiger partial charge in [-0.2, -0.15) is 0 Å². The van der Waals surface area contributed by atoms with Crippen LogP contribution in [0.2, 0.25) is 0 Å². The predicted molar refractivity (Wildman–Crippen MR) is 54.0 cm³/mol. The SMILES string of the molecule is C=C(C)/C(C)=C\C=C(/C)CCO. The van der Waals surface area contributed by atoms with Crippen molar-refractivity contribution in [2.45, 2.75) is 27.2 Å². The van der Waals surface area contributed by atoms with E-state index in [1.165, 1.54) is 11.1 Å². The first-order chi connectivity index (χ1) is 5.57. The van der Waals surface area contributed by atoms with Crippen LogP contribution in [0.15, 0.2) is 35.5 Å². The van der Waals surface area contributed by atoms with Crippen LogP contribution in [-0.2, 0) is 0 Å². The van der Waals surface area contributed by atoms with Gasteiger partial charge in [0.05, 0.1) is 0 Å². The van der Waals surface area contributed by atoms with Crippen molar-refractivity contribution in [3.8, 4) is 0 Å². The summed E-state index contributed by atoms with van der Waals surface area (Å²) in [4.78, 5) is 0. The Balaban J connectivity index is 4.17. The van der Waals surface area contributed by atoms with Crippen LogP contribution < -0.4 is 0 Å². The van der Waals surface area contributed by atoms with Gasteiger partial charge in [-0.1, -0.05) is 29.9 Å². The topological polar surface area (TPSA) is 20.2 Å². The number of hydrogen-bond acceptors (Lipinski definition) is 1. The van der Waals surface area contributed by atoms with E-state index in [4.69, 9.17) is 5.11 Å². The molecule has 0 atom stereocenters. The molecule has 0 rings (SSSR count). The van der Waals surface area contributed by atoms with Crippen LogP contribution in [0.5, 0.6) is 0 Å². The molecule has 0 aliphatic heterocycles. The molecule has 1 nitrogen and oxygen atoms in total. The van der Waals surface area contributed by atoms with Crippen molar-refractivity contribution in [1.29, 1.82) is 0 Å². The van der Waals surface area contributed by atoms with E-state index in [9.17, 15) is 0 Å². The Morgan fingerprint density at radius 3 is 2.25 bits per heavy atom. The van der Waals surface area contributed by atoms with Crippen LogP contribution >= 0.6 is 0 Å². The summed E-state index contributed by atoms with van der Waals surface area (Å²) < 4.78 is 0.